The molecule has 0 atom stereocenters. The van der Waals surface area contributed by atoms with Gasteiger partial charge in [-0.25, -0.2) is 15.8 Å². The second-order valence-electron chi connectivity index (χ2n) is 2.72. The molecule has 1 aromatic rings. The highest BCUT2D eigenvalue weighted by atomic mass is 32.1. The maximum Gasteiger partial charge on any atom is 0.206 e. The van der Waals surface area contributed by atoms with Gasteiger partial charge in [0, 0.05) is 11.9 Å². The van der Waals surface area contributed by atoms with Crippen molar-refractivity contribution < 1.29 is 0 Å². The lowest BCUT2D eigenvalue weighted by atomic mass is 10.5. The zero-order chi connectivity index (χ0) is 10.2. The molecule has 0 aliphatic heterocycles. The first-order valence-corrected chi connectivity index (χ1v) is 5.43. The molecule has 0 amide bonds. The summed E-state index contributed by atoms with van der Waals surface area (Å²) in [6, 6.07) is 0. The van der Waals surface area contributed by atoms with Gasteiger partial charge in [-0.1, -0.05) is 6.92 Å². The van der Waals surface area contributed by atoms with Crippen molar-refractivity contribution in [1.82, 2.24) is 15.7 Å². The van der Waals surface area contributed by atoms with E-state index in [0.29, 0.717) is 12.5 Å². The predicted molar refractivity (Wildman–Crippen MR) is 58.9 cm³/mol. The summed E-state index contributed by atoms with van der Waals surface area (Å²) in [6.07, 6.45) is 1.04. The van der Waals surface area contributed by atoms with Gasteiger partial charge in [0.25, 0.3) is 0 Å². The largest absolute Gasteiger partial charge is 0.355 e. The topological polar surface area (TPSA) is 75.3 Å². The zero-order valence-electron chi connectivity index (χ0n) is 8.16. The van der Waals surface area contributed by atoms with Crippen molar-refractivity contribution in [3.05, 3.63) is 16.6 Å². The number of hydrogen-bond donors (Lipinski definition) is 3. The van der Waals surface area contributed by atoms with E-state index in [-0.39, 0.29) is 0 Å². The van der Waals surface area contributed by atoms with E-state index in [1.807, 2.05) is 5.38 Å². The normalized spacial score (nSPS) is 11.4. The lowest BCUT2D eigenvalue weighted by Crippen LogP contribution is -2.41. The van der Waals surface area contributed by atoms with Gasteiger partial charge in [-0.15, -0.1) is 11.3 Å². The highest BCUT2D eigenvalue weighted by Gasteiger charge is 1.95. The van der Waals surface area contributed by atoms with Crippen LogP contribution >= 0.6 is 11.3 Å². The van der Waals surface area contributed by atoms with E-state index in [1.54, 1.807) is 16.8 Å². The number of nitrogens with two attached hydrogens (primary N) is 1. The van der Waals surface area contributed by atoms with Crippen LogP contribution in [0.25, 0.3) is 0 Å². The van der Waals surface area contributed by atoms with E-state index in [2.05, 4.69) is 27.6 Å². The molecule has 5 nitrogen and oxygen atoms in total. The molecule has 0 saturated carbocycles. The third kappa shape index (κ3) is 3.71. The number of thiazole rings is 1. The fourth-order valence-corrected chi connectivity index (χ4v) is 1.42. The lowest BCUT2D eigenvalue weighted by Gasteiger charge is -2.06. The van der Waals surface area contributed by atoms with Gasteiger partial charge in [0.2, 0.25) is 5.96 Å². The Balaban J connectivity index is 2.39. The van der Waals surface area contributed by atoms with Crippen LogP contribution in [0, 0.1) is 0 Å². The first kappa shape index (κ1) is 10.9. The molecule has 0 saturated heterocycles. The van der Waals surface area contributed by atoms with Crippen molar-refractivity contribution >= 4 is 17.3 Å². The Morgan fingerprint density at radius 3 is 3.14 bits per heavy atom. The highest BCUT2D eigenvalue weighted by Crippen LogP contribution is 2.01. The van der Waals surface area contributed by atoms with Gasteiger partial charge in [0.15, 0.2) is 0 Å². The molecule has 1 heterocycles. The Morgan fingerprint density at radius 2 is 2.57 bits per heavy atom. The Bertz CT molecular complexity index is 269. The molecule has 0 aromatic carbocycles. The molecular weight excluding hydrogens is 198 g/mol. The predicted octanol–water partition coefficient (Wildman–Crippen LogP) is 0.462. The monoisotopic (exact) mass is 213 g/mol. The van der Waals surface area contributed by atoms with Crippen molar-refractivity contribution in [2.24, 2.45) is 10.8 Å². The summed E-state index contributed by atoms with van der Waals surface area (Å²) in [5.41, 5.74) is 5.26. The highest BCUT2D eigenvalue weighted by molar-refractivity contribution is 7.07. The van der Waals surface area contributed by atoms with Gasteiger partial charge < -0.3 is 5.32 Å². The number of aromatic nitrogens is 1. The summed E-state index contributed by atoms with van der Waals surface area (Å²) in [6.45, 7) is 3.50. The van der Waals surface area contributed by atoms with E-state index in [9.17, 15) is 0 Å². The van der Waals surface area contributed by atoms with Gasteiger partial charge in [-0.3, -0.25) is 5.43 Å². The third-order valence-electron chi connectivity index (χ3n) is 1.56. The quantitative estimate of drug-likeness (QED) is 0.294. The van der Waals surface area contributed by atoms with Crippen LogP contribution in [0.3, 0.4) is 0 Å². The summed E-state index contributed by atoms with van der Waals surface area (Å²) in [5.74, 6) is 5.90. The van der Waals surface area contributed by atoms with Gasteiger partial charge in [-0.2, -0.15) is 0 Å². The van der Waals surface area contributed by atoms with Crippen LogP contribution < -0.4 is 16.6 Å². The number of hydrazine groups is 1. The lowest BCUT2D eigenvalue weighted by molar-refractivity contribution is 0.789. The van der Waals surface area contributed by atoms with Crippen LogP contribution in [0.15, 0.2) is 15.9 Å². The Labute approximate surface area is 87.4 Å². The summed E-state index contributed by atoms with van der Waals surface area (Å²) in [4.78, 5) is 8.35. The minimum atomic E-state index is 0.555. The van der Waals surface area contributed by atoms with E-state index in [0.717, 1.165) is 18.7 Å². The molecule has 0 unspecified atom stereocenters. The first-order chi connectivity index (χ1) is 6.86. The molecule has 0 fully saturated rings. The summed E-state index contributed by atoms with van der Waals surface area (Å²) < 4.78 is 0. The maximum atomic E-state index is 5.29. The number of guanidine groups is 1. The minimum absolute atomic E-state index is 0.555. The van der Waals surface area contributed by atoms with Gasteiger partial charge in [0.1, 0.15) is 0 Å². The van der Waals surface area contributed by atoms with Gasteiger partial charge in [0.05, 0.1) is 17.7 Å². The minimum Gasteiger partial charge on any atom is -0.355 e. The molecule has 4 N–H and O–H groups in total. The standard InChI is InChI=1S/C8H15N5S/c1-2-3-10-8(13-9)11-4-7-5-14-6-12-7/h5-6H,2-4,9H2,1H3,(H2,10,11,13). The summed E-state index contributed by atoms with van der Waals surface area (Å²) in [5, 5.41) is 5.04. The molecule has 0 aliphatic carbocycles. The second-order valence-corrected chi connectivity index (χ2v) is 3.43. The molecule has 1 aromatic heterocycles. The SMILES string of the molecule is CCCNC(=NCc1cscn1)NN. The van der Waals surface area contributed by atoms with E-state index < -0.39 is 0 Å². The molecule has 1 rings (SSSR count). The van der Waals surface area contributed by atoms with Crippen molar-refractivity contribution in [1.29, 1.82) is 0 Å². The molecule has 6 heteroatoms. The zero-order valence-corrected chi connectivity index (χ0v) is 8.97. The second kappa shape index (κ2) is 6.33. The Morgan fingerprint density at radius 1 is 1.71 bits per heavy atom. The van der Waals surface area contributed by atoms with Crippen LogP contribution in [0.1, 0.15) is 19.0 Å². The fourth-order valence-electron chi connectivity index (χ4n) is 0.872. The van der Waals surface area contributed by atoms with Crippen molar-refractivity contribution in [3.63, 3.8) is 0 Å². The Hall–Kier alpha value is -1.14. The molecule has 0 aliphatic rings. The summed E-state index contributed by atoms with van der Waals surface area (Å²) >= 11 is 1.56. The maximum absolute atomic E-state index is 5.29. The fraction of sp³-hybridized carbons (Fsp3) is 0.500. The van der Waals surface area contributed by atoms with E-state index in [4.69, 9.17) is 5.84 Å². The average molecular weight is 213 g/mol. The number of nitrogens with one attached hydrogen (secondary N) is 2. The number of rotatable bonds is 4. The molecular formula is C8H15N5S. The van der Waals surface area contributed by atoms with Crippen LogP contribution in [-0.4, -0.2) is 17.5 Å². The summed E-state index contributed by atoms with van der Waals surface area (Å²) in [7, 11) is 0. The third-order valence-corrected chi connectivity index (χ3v) is 2.20. The van der Waals surface area contributed by atoms with Crippen molar-refractivity contribution in [2.75, 3.05) is 6.54 Å². The Kier molecular flexibility index (Phi) is 4.95. The molecule has 0 spiro atoms. The van der Waals surface area contributed by atoms with Crippen molar-refractivity contribution in [3.8, 4) is 0 Å². The van der Waals surface area contributed by atoms with Crippen LogP contribution in [0.5, 0.6) is 0 Å². The van der Waals surface area contributed by atoms with Crippen LogP contribution in [-0.2, 0) is 6.54 Å². The molecule has 0 radical (unpaired) electrons. The van der Waals surface area contributed by atoms with Crippen LogP contribution in [0.4, 0.5) is 0 Å². The van der Waals surface area contributed by atoms with E-state index in [1.165, 1.54) is 0 Å². The van der Waals surface area contributed by atoms with Crippen molar-refractivity contribution in [2.45, 2.75) is 19.9 Å². The number of hydrogen-bond acceptors (Lipinski definition) is 4. The average Bonchev–Trinajstić information content (AvgIpc) is 2.71. The van der Waals surface area contributed by atoms with Gasteiger partial charge in [-0.05, 0) is 6.42 Å². The molecule has 78 valence electrons. The first-order valence-electron chi connectivity index (χ1n) is 4.48. The van der Waals surface area contributed by atoms with E-state index >= 15 is 0 Å². The molecule has 14 heavy (non-hydrogen) atoms. The number of aliphatic imine (C=N–C) groups is 1. The smallest absolute Gasteiger partial charge is 0.206 e. The number of nitrogens with zero attached hydrogens (tertiary/aromatic N) is 2. The van der Waals surface area contributed by atoms with Gasteiger partial charge >= 0.3 is 0 Å². The molecule has 0 bridgehead atoms. The van der Waals surface area contributed by atoms with Crippen LogP contribution in [0.2, 0.25) is 0 Å².